The molecular weight excluding hydrogens is 264 g/mol. The van der Waals surface area contributed by atoms with Gasteiger partial charge in [0.25, 0.3) is 0 Å². The Labute approximate surface area is 127 Å². The molecule has 0 spiro atoms. The van der Waals surface area contributed by atoms with Gasteiger partial charge in [-0.25, -0.2) is 4.98 Å². The molecule has 118 valence electrons. The molecule has 0 unspecified atom stereocenters. The van der Waals surface area contributed by atoms with Crippen LogP contribution in [0.15, 0.2) is 17.6 Å². The first-order valence-electron chi connectivity index (χ1n) is 7.98. The molecule has 0 bridgehead atoms. The Morgan fingerprint density at radius 3 is 2.67 bits per heavy atom. The summed E-state index contributed by atoms with van der Waals surface area (Å²) in [7, 11) is 1.82. The topological polar surface area (TPSA) is 67.1 Å². The van der Waals surface area contributed by atoms with E-state index >= 15 is 0 Å². The molecule has 2 rings (SSSR count). The number of aliphatic imine (C=N–C) groups is 1. The Morgan fingerprint density at radius 1 is 1.33 bits per heavy atom. The van der Waals surface area contributed by atoms with Gasteiger partial charge in [0.2, 0.25) is 0 Å². The first kappa shape index (κ1) is 15.8. The van der Waals surface area contributed by atoms with Gasteiger partial charge in [0.05, 0.1) is 6.54 Å². The fourth-order valence-corrected chi connectivity index (χ4v) is 2.96. The van der Waals surface area contributed by atoms with Crippen molar-refractivity contribution in [2.24, 2.45) is 16.8 Å². The zero-order chi connectivity index (χ0) is 15.1. The minimum atomic E-state index is 0.553. The minimum absolute atomic E-state index is 0.553. The first-order valence-corrected chi connectivity index (χ1v) is 7.98. The van der Waals surface area contributed by atoms with Crippen LogP contribution in [-0.2, 0) is 6.54 Å². The Hall–Kier alpha value is -1.59. The second-order valence-electron chi connectivity index (χ2n) is 6.16. The normalized spacial score (nSPS) is 23.3. The van der Waals surface area contributed by atoms with E-state index in [1.807, 2.05) is 11.7 Å². The number of hydrogen-bond acceptors (Lipinski definition) is 3. The molecule has 1 saturated carbocycles. The summed E-state index contributed by atoms with van der Waals surface area (Å²) in [6.45, 7) is 6.26. The highest BCUT2D eigenvalue weighted by Crippen LogP contribution is 2.29. The molecule has 21 heavy (non-hydrogen) atoms. The summed E-state index contributed by atoms with van der Waals surface area (Å²) in [6, 6.07) is 0.553. The van der Waals surface area contributed by atoms with Crippen LogP contribution in [0.3, 0.4) is 0 Å². The van der Waals surface area contributed by atoms with E-state index in [0.29, 0.717) is 6.04 Å². The average molecular weight is 292 g/mol. The summed E-state index contributed by atoms with van der Waals surface area (Å²) in [5.74, 6) is 2.60. The van der Waals surface area contributed by atoms with Crippen LogP contribution in [0.25, 0.3) is 0 Å². The van der Waals surface area contributed by atoms with E-state index in [9.17, 15) is 0 Å². The quantitative estimate of drug-likeness (QED) is 0.640. The SMILES string of the molecule is CN=C(NCCn1cncn1)NC1CCC(C(C)C)CC1. The number of rotatable bonds is 5. The molecule has 1 aliphatic carbocycles. The van der Waals surface area contributed by atoms with Crippen molar-refractivity contribution in [3.8, 4) is 0 Å². The predicted molar refractivity (Wildman–Crippen MR) is 85.1 cm³/mol. The zero-order valence-corrected chi connectivity index (χ0v) is 13.4. The van der Waals surface area contributed by atoms with E-state index in [1.54, 1.807) is 12.7 Å². The molecule has 1 aromatic heterocycles. The lowest BCUT2D eigenvalue weighted by Crippen LogP contribution is -2.45. The molecule has 2 N–H and O–H groups in total. The third-order valence-electron chi connectivity index (χ3n) is 4.38. The molecule has 1 fully saturated rings. The summed E-state index contributed by atoms with van der Waals surface area (Å²) in [5.41, 5.74) is 0. The standard InChI is InChI=1S/C15H28N6/c1-12(2)13-4-6-14(7-5-13)20-15(16-3)18-8-9-21-11-17-10-19-21/h10-14H,4-9H2,1-3H3,(H2,16,18,20). The summed E-state index contributed by atoms with van der Waals surface area (Å²) in [5, 5.41) is 11.0. The molecule has 1 aliphatic rings. The molecule has 1 heterocycles. The molecule has 6 nitrogen and oxygen atoms in total. The van der Waals surface area contributed by atoms with Crippen LogP contribution >= 0.6 is 0 Å². The molecule has 0 aliphatic heterocycles. The van der Waals surface area contributed by atoms with E-state index in [1.165, 1.54) is 25.7 Å². The number of nitrogens with zero attached hydrogens (tertiary/aromatic N) is 4. The van der Waals surface area contributed by atoms with E-state index in [2.05, 4.69) is 39.6 Å². The van der Waals surface area contributed by atoms with Crippen molar-refractivity contribution in [3.63, 3.8) is 0 Å². The Morgan fingerprint density at radius 2 is 2.10 bits per heavy atom. The van der Waals surface area contributed by atoms with Gasteiger partial charge in [-0.05, 0) is 37.5 Å². The molecular formula is C15H28N6. The van der Waals surface area contributed by atoms with Crippen molar-refractivity contribution in [1.29, 1.82) is 0 Å². The zero-order valence-electron chi connectivity index (χ0n) is 13.4. The Balaban J connectivity index is 1.68. The lowest BCUT2D eigenvalue weighted by Gasteiger charge is -2.32. The number of nitrogens with one attached hydrogen (secondary N) is 2. The van der Waals surface area contributed by atoms with Gasteiger partial charge in [-0.3, -0.25) is 9.67 Å². The highest BCUT2D eigenvalue weighted by Gasteiger charge is 2.23. The van der Waals surface area contributed by atoms with Gasteiger partial charge >= 0.3 is 0 Å². The molecule has 6 heteroatoms. The number of guanidine groups is 1. The molecule has 0 radical (unpaired) electrons. The second kappa shape index (κ2) is 8.00. The maximum Gasteiger partial charge on any atom is 0.191 e. The minimum Gasteiger partial charge on any atom is -0.355 e. The van der Waals surface area contributed by atoms with Crippen molar-refractivity contribution in [3.05, 3.63) is 12.7 Å². The number of hydrogen-bond donors (Lipinski definition) is 2. The van der Waals surface area contributed by atoms with Crippen LogP contribution in [0.1, 0.15) is 39.5 Å². The average Bonchev–Trinajstić information content (AvgIpc) is 3.00. The summed E-state index contributed by atoms with van der Waals surface area (Å²) >= 11 is 0. The maximum absolute atomic E-state index is 4.30. The van der Waals surface area contributed by atoms with Crippen molar-refractivity contribution in [2.75, 3.05) is 13.6 Å². The summed E-state index contributed by atoms with van der Waals surface area (Å²) in [4.78, 5) is 8.24. The predicted octanol–water partition coefficient (Wildman–Crippen LogP) is 1.66. The molecule has 0 amide bonds. The highest BCUT2D eigenvalue weighted by molar-refractivity contribution is 5.79. The lowest BCUT2D eigenvalue weighted by molar-refractivity contribution is 0.250. The summed E-state index contributed by atoms with van der Waals surface area (Å²) in [6.07, 6.45) is 8.42. The first-order chi connectivity index (χ1) is 10.2. The van der Waals surface area contributed by atoms with Crippen LogP contribution in [-0.4, -0.2) is 40.4 Å². The van der Waals surface area contributed by atoms with Crippen LogP contribution < -0.4 is 10.6 Å². The third-order valence-corrected chi connectivity index (χ3v) is 4.38. The van der Waals surface area contributed by atoms with Gasteiger partial charge in [0.1, 0.15) is 12.7 Å². The van der Waals surface area contributed by atoms with Gasteiger partial charge in [-0.2, -0.15) is 5.10 Å². The monoisotopic (exact) mass is 292 g/mol. The van der Waals surface area contributed by atoms with Crippen LogP contribution in [0.5, 0.6) is 0 Å². The molecule has 1 aromatic rings. The number of aromatic nitrogens is 3. The Bertz CT molecular complexity index is 417. The van der Waals surface area contributed by atoms with Crippen molar-refractivity contribution in [1.82, 2.24) is 25.4 Å². The third kappa shape index (κ3) is 5.02. The van der Waals surface area contributed by atoms with E-state index in [0.717, 1.165) is 30.9 Å². The molecule has 0 aromatic carbocycles. The van der Waals surface area contributed by atoms with Crippen LogP contribution in [0.2, 0.25) is 0 Å². The van der Waals surface area contributed by atoms with Gasteiger partial charge in [0, 0.05) is 19.6 Å². The fraction of sp³-hybridized carbons (Fsp3) is 0.800. The second-order valence-corrected chi connectivity index (χ2v) is 6.16. The van der Waals surface area contributed by atoms with Crippen molar-refractivity contribution in [2.45, 2.75) is 52.1 Å². The molecule has 0 saturated heterocycles. The maximum atomic E-state index is 4.30. The van der Waals surface area contributed by atoms with Crippen LogP contribution in [0.4, 0.5) is 0 Å². The van der Waals surface area contributed by atoms with E-state index in [4.69, 9.17) is 0 Å². The van der Waals surface area contributed by atoms with Crippen molar-refractivity contribution >= 4 is 5.96 Å². The lowest BCUT2D eigenvalue weighted by atomic mass is 9.80. The van der Waals surface area contributed by atoms with Gasteiger partial charge < -0.3 is 10.6 Å². The van der Waals surface area contributed by atoms with Gasteiger partial charge in [0.15, 0.2) is 5.96 Å². The highest BCUT2D eigenvalue weighted by atomic mass is 15.3. The summed E-state index contributed by atoms with van der Waals surface area (Å²) < 4.78 is 1.81. The van der Waals surface area contributed by atoms with Gasteiger partial charge in [-0.15, -0.1) is 0 Å². The Kier molecular flexibility index (Phi) is 6.02. The largest absolute Gasteiger partial charge is 0.355 e. The van der Waals surface area contributed by atoms with E-state index in [-0.39, 0.29) is 0 Å². The van der Waals surface area contributed by atoms with Crippen molar-refractivity contribution < 1.29 is 0 Å². The molecule has 0 atom stereocenters. The van der Waals surface area contributed by atoms with Crippen LogP contribution in [0, 0.1) is 11.8 Å². The van der Waals surface area contributed by atoms with E-state index < -0.39 is 0 Å². The van der Waals surface area contributed by atoms with Gasteiger partial charge in [-0.1, -0.05) is 13.8 Å². The smallest absolute Gasteiger partial charge is 0.191 e. The fourth-order valence-electron chi connectivity index (χ4n) is 2.96.